The summed E-state index contributed by atoms with van der Waals surface area (Å²) in [4.78, 5) is 12.9. The fourth-order valence-electron chi connectivity index (χ4n) is 2.40. The molecule has 4 nitrogen and oxygen atoms in total. The molecule has 1 aliphatic heterocycles. The Bertz CT molecular complexity index is 419. The number of carboxylic acids is 1. The topological polar surface area (TPSA) is 49.8 Å². The molecule has 1 aromatic carbocycles. The fourth-order valence-corrected chi connectivity index (χ4v) is 2.40. The minimum absolute atomic E-state index is 0.0401. The van der Waals surface area contributed by atoms with E-state index in [1.54, 1.807) is 0 Å². The average molecular weight is 263 g/mol. The lowest BCUT2D eigenvalue weighted by Crippen LogP contribution is -2.47. The van der Waals surface area contributed by atoms with E-state index in [0.717, 1.165) is 5.56 Å². The van der Waals surface area contributed by atoms with E-state index in [9.17, 15) is 4.79 Å². The van der Waals surface area contributed by atoms with E-state index in [1.807, 2.05) is 35.2 Å². The molecule has 19 heavy (non-hydrogen) atoms. The molecular weight excluding hydrogens is 242 g/mol. The maximum absolute atomic E-state index is 10.9. The molecule has 0 saturated carbocycles. The number of rotatable bonds is 4. The SMILES string of the molecule is CC(C)[C@H]1CN(CC(=O)O)C[C@@H](c2ccccc2)O1. The van der Waals surface area contributed by atoms with Crippen molar-refractivity contribution in [3.05, 3.63) is 35.9 Å². The summed E-state index contributed by atoms with van der Waals surface area (Å²) in [7, 11) is 0. The lowest BCUT2D eigenvalue weighted by atomic mass is 10.0. The van der Waals surface area contributed by atoms with Crippen molar-refractivity contribution in [3.8, 4) is 0 Å². The van der Waals surface area contributed by atoms with Crippen molar-refractivity contribution >= 4 is 5.97 Å². The molecule has 0 aromatic heterocycles. The highest BCUT2D eigenvalue weighted by molar-refractivity contribution is 5.69. The zero-order chi connectivity index (χ0) is 13.8. The molecule has 1 aromatic rings. The molecule has 0 unspecified atom stereocenters. The van der Waals surface area contributed by atoms with Crippen molar-refractivity contribution < 1.29 is 14.6 Å². The normalized spacial score (nSPS) is 24.6. The Labute approximate surface area is 114 Å². The highest BCUT2D eigenvalue weighted by Gasteiger charge is 2.31. The van der Waals surface area contributed by atoms with Gasteiger partial charge in [-0.2, -0.15) is 0 Å². The van der Waals surface area contributed by atoms with Crippen LogP contribution in [0, 0.1) is 5.92 Å². The van der Waals surface area contributed by atoms with Crippen LogP contribution in [0.25, 0.3) is 0 Å². The van der Waals surface area contributed by atoms with Crippen molar-refractivity contribution in [2.24, 2.45) is 5.92 Å². The number of hydrogen-bond donors (Lipinski definition) is 1. The molecular formula is C15H21NO3. The average Bonchev–Trinajstić information content (AvgIpc) is 2.38. The number of hydrogen-bond acceptors (Lipinski definition) is 3. The number of ether oxygens (including phenoxy) is 1. The quantitative estimate of drug-likeness (QED) is 0.904. The molecule has 2 atom stereocenters. The van der Waals surface area contributed by atoms with Gasteiger partial charge in [-0.3, -0.25) is 9.69 Å². The summed E-state index contributed by atoms with van der Waals surface area (Å²) in [6, 6.07) is 10.0. The minimum atomic E-state index is -0.781. The van der Waals surface area contributed by atoms with Gasteiger partial charge in [-0.25, -0.2) is 0 Å². The summed E-state index contributed by atoms with van der Waals surface area (Å²) >= 11 is 0. The Morgan fingerprint density at radius 1 is 1.37 bits per heavy atom. The first kappa shape index (κ1) is 14.0. The Kier molecular flexibility index (Phi) is 4.56. The first-order valence-corrected chi connectivity index (χ1v) is 6.71. The van der Waals surface area contributed by atoms with Crippen LogP contribution in [0.2, 0.25) is 0 Å². The van der Waals surface area contributed by atoms with Gasteiger partial charge >= 0.3 is 5.97 Å². The second-order valence-electron chi connectivity index (χ2n) is 5.41. The van der Waals surface area contributed by atoms with Crippen LogP contribution in [-0.2, 0) is 9.53 Å². The molecule has 1 saturated heterocycles. The maximum Gasteiger partial charge on any atom is 0.317 e. The molecule has 0 amide bonds. The van der Waals surface area contributed by atoms with E-state index < -0.39 is 5.97 Å². The van der Waals surface area contributed by atoms with Gasteiger partial charge in [-0.05, 0) is 11.5 Å². The third-order valence-corrected chi connectivity index (χ3v) is 3.48. The van der Waals surface area contributed by atoms with Crippen LogP contribution in [0.15, 0.2) is 30.3 Å². The minimum Gasteiger partial charge on any atom is -0.480 e. The van der Waals surface area contributed by atoms with Gasteiger partial charge in [0.25, 0.3) is 0 Å². The van der Waals surface area contributed by atoms with Crippen molar-refractivity contribution in [2.75, 3.05) is 19.6 Å². The second kappa shape index (κ2) is 6.17. The Hall–Kier alpha value is -1.39. The molecule has 1 fully saturated rings. The summed E-state index contributed by atoms with van der Waals surface area (Å²) in [5, 5.41) is 8.96. The molecule has 1 N–H and O–H groups in total. The molecule has 2 rings (SSSR count). The van der Waals surface area contributed by atoms with Gasteiger partial charge in [0.1, 0.15) is 0 Å². The van der Waals surface area contributed by atoms with Crippen molar-refractivity contribution in [1.82, 2.24) is 4.90 Å². The predicted octanol–water partition coefficient (Wildman–Crippen LogP) is 2.17. The summed E-state index contributed by atoms with van der Waals surface area (Å²) in [5.74, 6) is -0.404. The van der Waals surface area contributed by atoms with E-state index in [-0.39, 0.29) is 18.8 Å². The van der Waals surface area contributed by atoms with Crippen molar-refractivity contribution in [2.45, 2.75) is 26.1 Å². The van der Waals surface area contributed by atoms with Gasteiger partial charge in [0.05, 0.1) is 18.8 Å². The highest BCUT2D eigenvalue weighted by atomic mass is 16.5. The van der Waals surface area contributed by atoms with Crippen molar-refractivity contribution in [3.63, 3.8) is 0 Å². The summed E-state index contributed by atoms with van der Waals surface area (Å²) in [6.45, 7) is 5.62. The number of nitrogens with zero attached hydrogens (tertiary/aromatic N) is 1. The smallest absolute Gasteiger partial charge is 0.317 e. The van der Waals surface area contributed by atoms with E-state index in [1.165, 1.54) is 0 Å². The molecule has 0 spiro atoms. The number of morpholine rings is 1. The number of benzene rings is 1. The van der Waals surface area contributed by atoms with Gasteiger partial charge in [0.15, 0.2) is 0 Å². The van der Waals surface area contributed by atoms with Crippen LogP contribution in [-0.4, -0.2) is 41.7 Å². The van der Waals surface area contributed by atoms with E-state index >= 15 is 0 Å². The molecule has 0 aliphatic carbocycles. The molecule has 4 heteroatoms. The van der Waals surface area contributed by atoms with Crippen LogP contribution >= 0.6 is 0 Å². The maximum atomic E-state index is 10.9. The third kappa shape index (κ3) is 3.78. The Morgan fingerprint density at radius 3 is 2.63 bits per heavy atom. The number of carbonyl (C=O) groups is 1. The van der Waals surface area contributed by atoms with Gasteiger partial charge < -0.3 is 9.84 Å². The fraction of sp³-hybridized carbons (Fsp3) is 0.533. The molecule has 1 aliphatic rings. The van der Waals surface area contributed by atoms with E-state index in [2.05, 4.69) is 13.8 Å². The first-order valence-electron chi connectivity index (χ1n) is 6.71. The highest BCUT2D eigenvalue weighted by Crippen LogP contribution is 2.27. The zero-order valence-electron chi connectivity index (χ0n) is 11.5. The third-order valence-electron chi connectivity index (χ3n) is 3.48. The Balaban J connectivity index is 2.12. The van der Waals surface area contributed by atoms with Crippen LogP contribution in [0.4, 0.5) is 0 Å². The van der Waals surface area contributed by atoms with Gasteiger partial charge in [-0.1, -0.05) is 44.2 Å². The molecule has 104 valence electrons. The van der Waals surface area contributed by atoms with Crippen LogP contribution in [0.3, 0.4) is 0 Å². The Morgan fingerprint density at radius 2 is 2.05 bits per heavy atom. The summed E-state index contributed by atoms with van der Waals surface area (Å²) in [6.07, 6.45) is 0.0417. The summed E-state index contributed by atoms with van der Waals surface area (Å²) < 4.78 is 6.11. The molecule has 0 bridgehead atoms. The second-order valence-corrected chi connectivity index (χ2v) is 5.41. The van der Waals surface area contributed by atoms with Crippen molar-refractivity contribution in [1.29, 1.82) is 0 Å². The lowest BCUT2D eigenvalue weighted by molar-refractivity contribution is -0.144. The van der Waals surface area contributed by atoms with Crippen LogP contribution in [0.1, 0.15) is 25.5 Å². The lowest BCUT2D eigenvalue weighted by Gasteiger charge is -2.39. The monoisotopic (exact) mass is 263 g/mol. The first-order chi connectivity index (χ1) is 9.06. The molecule has 1 heterocycles. The van der Waals surface area contributed by atoms with Crippen LogP contribution in [0.5, 0.6) is 0 Å². The molecule has 0 radical (unpaired) electrons. The van der Waals surface area contributed by atoms with Gasteiger partial charge in [0.2, 0.25) is 0 Å². The number of aliphatic carboxylic acids is 1. The summed E-state index contributed by atoms with van der Waals surface area (Å²) in [5.41, 5.74) is 1.11. The largest absolute Gasteiger partial charge is 0.480 e. The number of carboxylic acid groups (broad SMARTS) is 1. The van der Waals surface area contributed by atoms with Gasteiger partial charge in [0, 0.05) is 13.1 Å². The van der Waals surface area contributed by atoms with Crippen LogP contribution < -0.4 is 0 Å². The zero-order valence-corrected chi connectivity index (χ0v) is 11.5. The van der Waals surface area contributed by atoms with E-state index in [0.29, 0.717) is 19.0 Å². The predicted molar refractivity (Wildman–Crippen MR) is 73.0 cm³/mol. The van der Waals surface area contributed by atoms with Gasteiger partial charge in [-0.15, -0.1) is 0 Å². The van der Waals surface area contributed by atoms with E-state index in [4.69, 9.17) is 9.84 Å². The standard InChI is InChI=1S/C15H21NO3/c1-11(2)13-8-16(10-15(17)18)9-14(19-13)12-6-4-3-5-7-12/h3-7,11,13-14H,8-10H2,1-2H3,(H,17,18)/t13-,14+/m1/s1.